The Morgan fingerprint density at radius 3 is 1.73 bits per heavy atom. The van der Waals surface area contributed by atoms with Crippen LogP contribution in [0.4, 0.5) is 0 Å². The van der Waals surface area contributed by atoms with E-state index in [1.165, 1.54) is 6.92 Å². The summed E-state index contributed by atoms with van der Waals surface area (Å²) < 4.78 is 11.9. The molecule has 0 aliphatic rings. The van der Waals surface area contributed by atoms with Crippen molar-refractivity contribution in [3.05, 3.63) is 0 Å². The fourth-order valence-corrected chi connectivity index (χ4v) is 5.38. The van der Waals surface area contributed by atoms with Gasteiger partial charge in [0.2, 0.25) is 23.6 Å². The highest BCUT2D eigenvalue weighted by molar-refractivity contribution is 5.84. The van der Waals surface area contributed by atoms with E-state index in [-0.39, 0.29) is 56.8 Å². The van der Waals surface area contributed by atoms with E-state index in [9.17, 15) is 34.2 Å². The standard InChI is InChI=1S/C35H67N5O9/c1-30(2,23-31(3,4)29(45)46)28(44)40-32(5,6)16-19-48-34(9,10)22-26(42)39-35(11,47)17-20-49-33(7,8)21-25(41)38-18-14-13-15-24(37-12)27(36)43/h24,37,47H,13-23H2,1-12H3,(H2,36,43)(H,38,41)(H,39,42)(H,40,44)(H,45,46). The molecule has 49 heavy (non-hydrogen) atoms. The Balaban J connectivity index is 4.66. The highest BCUT2D eigenvalue weighted by Gasteiger charge is 2.40. The monoisotopic (exact) mass is 701 g/mol. The first kappa shape index (κ1) is 46.2. The smallest absolute Gasteiger partial charge is 0.309 e. The minimum atomic E-state index is -1.56. The maximum atomic E-state index is 13.0. The van der Waals surface area contributed by atoms with Crippen LogP contribution in [0.15, 0.2) is 0 Å². The number of nitrogens with one attached hydrogen (secondary N) is 4. The van der Waals surface area contributed by atoms with Crippen molar-refractivity contribution in [3.63, 3.8) is 0 Å². The quantitative estimate of drug-likeness (QED) is 0.0545. The third-order valence-corrected chi connectivity index (χ3v) is 8.35. The van der Waals surface area contributed by atoms with E-state index < -0.39 is 51.1 Å². The number of carboxylic acid groups (broad SMARTS) is 1. The summed E-state index contributed by atoms with van der Waals surface area (Å²) in [6.45, 7) is 19.7. The van der Waals surface area contributed by atoms with Gasteiger partial charge in [-0.3, -0.25) is 24.0 Å². The average molecular weight is 702 g/mol. The second-order valence-corrected chi connectivity index (χ2v) is 16.6. The van der Waals surface area contributed by atoms with Crippen LogP contribution >= 0.6 is 0 Å². The Bertz CT molecular complexity index is 1120. The van der Waals surface area contributed by atoms with Gasteiger partial charge in [-0.1, -0.05) is 13.8 Å². The molecule has 0 fully saturated rings. The number of hydrogen-bond donors (Lipinski definition) is 7. The van der Waals surface area contributed by atoms with Crippen LogP contribution in [0, 0.1) is 10.8 Å². The third kappa shape index (κ3) is 19.8. The number of nitrogens with two attached hydrogens (primary N) is 1. The lowest BCUT2D eigenvalue weighted by Gasteiger charge is -2.36. The van der Waals surface area contributed by atoms with Gasteiger partial charge in [0.25, 0.3) is 0 Å². The topological polar surface area (TPSA) is 218 Å². The molecule has 0 aromatic heterocycles. The van der Waals surface area contributed by atoms with Crippen molar-refractivity contribution in [2.45, 2.75) is 156 Å². The number of primary amides is 1. The predicted octanol–water partition coefficient (Wildman–Crippen LogP) is 2.74. The number of unbranched alkanes of at least 4 members (excludes halogenated alkanes) is 1. The molecule has 0 aliphatic carbocycles. The van der Waals surface area contributed by atoms with Gasteiger partial charge in [0, 0.05) is 30.5 Å². The lowest BCUT2D eigenvalue weighted by atomic mass is 9.74. The number of carbonyl (C=O) groups is 5. The van der Waals surface area contributed by atoms with Crippen LogP contribution in [-0.2, 0) is 33.4 Å². The van der Waals surface area contributed by atoms with Gasteiger partial charge in [-0.2, -0.15) is 0 Å². The highest BCUT2D eigenvalue weighted by Crippen LogP contribution is 2.34. The highest BCUT2D eigenvalue weighted by atomic mass is 16.5. The molecule has 8 N–H and O–H groups in total. The zero-order valence-corrected chi connectivity index (χ0v) is 32.2. The van der Waals surface area contributed by atoms with Crippen LogP contribution in [0.2, 0.25) is 0 Å². The molecule has 2 atom stereocenters. The van der Waals surface area contributed by atoms with E-state index in [1.807, 2.05) is 13.8 Å². The molecule has 0 aromatic rings. The zero-order chi connectivity index (χ0) is 38.5. The normalized spacial score (nSPS) is 14.8. The first-order chi connectivity index (χ1) is 22.1. The molecule has 4 amide bonds. The van der Waals surface area contributed by atoms with Gasteiger partial charge in [-0.05, 0) is 101 Å². The first-order valence-corrected chi connectivity index (χ1v) is 17.2. The van der Waals surface area contributed by atoms with Crippen LogP contribution in [-0.4, -0.2) is 95.1 Å². The van der Waals surface area contributed by atoms with Gasteiger partial charge >= 0.3 is 5.97 Å². The molecule has 0 saturated carbocycles. The summed E-state index contributed by atoms with van der Waals surface area (Å²) in [5, 5.41) is 31.6. The van der Waals surface area contributed by atoms with Gasteiger partial charge in [-0.25, -0.2) is 0 Å². The van der Waals surface area contributed by atoms with Crippen molar-refractivity contribution in [1.82, 2.24) is 21.3 Å². The van der Waals surface area contributed by atoms with E-state index in [0.29, 0.717) is 25.8 Å². The van der Waals surface area contributed by atoms with E-state index in [0.717, 1.165) is 6.42 Å². The van der Waals surface area contributed by atoms with Crippen LogP contribution in [0.1, 0.15) is 128 Å². The SMILES string of the molecule is CNC(CCCCNC(=O)CC(C)(C)OCCC(C)(O)NC(=O)CC(C)(C)OCCC(C)(C)NC(=O)C(C)(C)CC(C)(C)C(=O)O)C(N)=O. The number of amides is 4. The fraction of sp³-hybridized carbons (Fsp3) is 0.857. The lowest BCUT2D eigenvalue weighted by Crippen LogP contribution is -2.51. The third-order valence-electron chi connectivity index (χ3n) is 8.35. The number of carboxylic acids is 1. The largest absolute Gasteiger partial charge is 0.481 e. The predicted molar refractivity (Wildman–Crippen MR) is 188 cm³/mol. The second-order valence-electron chi connectivity index (χ2n) is 16.6. The summed E-state index contributed by atoms with van der Waals surface area (Å²) in [5.41, 5.74) is -0.533. The summed E-state index contributed by atoms with van der Waals surface area (Å²) in [6.07, 6.45) is 2.80. The molecule has 0 radical (unpaired) electrons. The Kier molecular flexibility index (Phi) is 17.9. The van der Waals surface area contributed by atoms with Crippen LogP contribution in [0.3, 0.4) is 0 Å². The molecule has 286 valence electrons. The van der Waals surface area contributed by atoms with Crippen molar-refractivity contribution in [1.29, 1.82) is 0 Å². The number of ether oxygens (including phenoxy) is 2. The summed E-state index contributed by atoms with van der Waals surface area (Å²) in [6, 6.07) is -0.387. The summed E-state index contributed by atoms with van der Waals surface area (Å²) in [4.78, 5) is 61.1. The van der Waals surface area contributed by atoms with Crippen LogP contribution in [0.25, 0.3) is 0 Å². The number of rotatable bonds is 25. The van der Waals surface area contributed by atoms with Gasteiger partial charge in [0.15, 0.2) is 0 Å². The summed E-state index contributed by atoms with van der Waals surface area (Å²) >= 11 is 0. The number of hydrogen-bond acceptors (Lipinski definition) is 9. The Morgan fingerprint density at radius 1 is 0.735 bits per heavy atom. The second kappa shape index (κ2) is 19.0. The minimum absolute atomic E-state index is 0.0299. The van der Waals surface area contributed by atoms with Gasteiger partial charge in [0.05, 0.1) is 42.1 Å². The van der Waals surface area contributed by atoms with Crippen molar-refractivity contribution < 1.29 is 43.7 Å². The van der Waals surface area contributed by atoms with Gasteiger partial charge < -0.3 is 46.7 Å². The zero-order valence-electron chi connectivity index (χ0n) is 32.2. The maximum absolute atomic E-state index is 13.0. The molecule has 0 aromatic carbocycles. The van der Waals surface area contributed by atoms with E-state index in [2.05, 4.69) is 21.3 Å². The molecule has 0 bridgehead atoms. The minimum Gasteiger partial charge on any atom is -0.481 e. The first-order valence-electron chi connectivity index (χ1n) is 17.2. The molecule has 0 saturated heterocycles. The molecular weight excluding hydrogens is 634 g/mol. The van der Waals surface area contributed by atoms with Crippen molar-refractivity contribution in [2.24, 2.45) is 16.6 Å². The summed E-state index contributed by atoms with van der Waals surface area (Å²) in [7, 11) is 1.68. The molecule has 0 aliphatic heterocycles. The van der Waals surface area contributed by atoms with Crippen molar-refractivity contribution in [3.8, 4) is 0 Å². The van der Waals surface area contributed by atoms with Crippen LogP contribution in [0.5, 0.6) is 0 Å². The van der Waals surface area contributed by atoms with Gasteiger partial charge in [-0.15, -0.1) is 0 Å². The fourth-order valence-electron chi connectivity index (χ4n) is 5.38. The molecule has 14 heteroatoms. The van der Waals surface area contributed by atoms with Crippen LogP contribution < -0.4 is 27.0 Å². The molecule has 0 rings (SSSR count). The summed E-state index contributed by atoms with van der Waals surface area (Å²) in [5.74, 6) is -2.21. The average Bonchev–Trinajstić information content (AvgIpc) is 2.87. The van der Waals surface area contributed by atoms with E-state index in [1.54, 1.807) is 62.4 Å². The Labute approximate surface area is 293 Å². The molecule has 0 spiro atoms. The molecule has 0 heterocycles. The Morgan fingerprint density at radius 2 is 1.24 bits per heavy atom. The number of aliphatic carboxylic acids is 1. The molecular formula is C35H67N5O9. The molecule has 14 nitrogen and oxygen atoms in total. The lowest BCUT2D eigenvalue weighted by molar-refractivity contribution is -0.150. The van der Waals surface area contributed by atoms with Gasteiger partial charge in [0.1, 0.15) is 5.72 Å². The number of carbonyl (C=O) groups excluding carboxylic acids is 4. The number of aliphatic hydroxyl groups is 1. The number of likely N-dealkylation sites (N-methyl/N-ethyl adjacent to an activating group) is 1. The maximum Gasteiger partial charge on any atom is 0.309 e. The van der Waals surface area contributed by atoms with E-state index in [4.69, 9.17) is 15.2 Å². The Hall–Kier alpha value is -2.81. The van der Waals surface area contributed by atoms with Crippen molar-refractivity contribution >= 4 is 29.6 Å². The van der Waals surface area contributed by atoms with Crippen molar-refractivity contribution in [2.75, 3.05) is 26.8 Å². The molecule has 2 unspecified atom stereocenters. The van der Waals surface area contributed by atoms with E-state index >= 15 is 0 Å².